The molecule has 1 heterocycles. The number of aryl methyl sites for hydroxylation is 1. The van der Waals surface area contributed by atoms with E-state index >= 15 is 0 Å². The Hall–Kier alpha value is -2.77. The largest absolute Gasteiger partial charge is 0.351 e. The summed E-state index contributed by atoms with van der Waals surface area (Å²) in [5, 5.41) is 4.16. The molecule has 1 amide bonds. The Labute approximate surface area is 171 Å². The van der Waals surface area contributed by atoms with Crippen LogP contribution in [0, 0.1) is 6.92 Å². The fraction of sp³-hybridized carbons (Fsp3) is 0.273. The van der Waals surface area contributed by atoms with Gasteiger partial charge in [0, 0.05) is 36.3 Å². The average Bonchev–Trinajstić information content (AvgIpc) is 2.72. The van der Waals surface area contributed by atoms with Gasteiger partial charge in [0.15, 0.2) is 0 Å². The van der Waals surface area contributed by atoms with Crippen molar-refractivity contribution in [3.63, 3.8) is 0 Å². The molecule has 0 radical (unpaired) electrons. The molecule has 6 nitrogen and oxygen atoms in total. The van der Waals surface area contributed by atoms with Crippen molar-refractivity contribution in [3.8, 4) is 0 Å². The molecule has 0 saturated carbocycles. The van der Waals surface area contributed by atoms with Gasteiger partial charge >= 0.3 is 0 Å². The number of nitrogens with one attached hydrogen (secondary N) is 1. The molecular weight excluding hydrogens is 386 g/mol. The van der Waals surface area contributed by atoms with Gasteiger partial charge in [-0.1, -0.05) is 48.9 Å². The van der Waals surface area contributed by atoms with Crippen molar-refractivity contribution in [2.24, 2.45) is 0 Å². The summed E-state index contributed by atoms with van der Waals surface area (Å²) in [5.74, 6) is -0.329. The molecule has 1 aromatic heterocycles. The lowest BCUT2D eigenvalue weighted by Gasteiger charge is -2.22. The Morgan fingerprint density at radius 1 is 1.10 bits per heavy atom. The number of fused-ring (bicyclic) bond motifs is 1. The van der Waals surface area contributed by atoms with E-state index in [-0.39, 0.29) is 23.9 Å². The van der Waals surface area contributed by atoms with E-state index in [4.69, 9.17) is 0 Å². The van der Waals surface area contributed by atoms with Gasteiger partial charge < -0.3 is 5.32 Å². The van der Waals surface area contributed by atoms with E-state index in [2.05, 4.69) is 10.3 Å². The van der Waals surface area contributed by atoms with Gasteiger partial charge in [0.05, 0.1) is 11.4 Å². The van der Waals surface area contributed by atoms with Crippen molar-refractivity contribution in [2.45, 2.75) is 31.7 Å². The molecule has 0 atom stereocenters. The zero-order chi connectivity index (χ0) is 20.9. The molecule has 0 aliphatic heterocycles. The predicted molar refractivity (Wildman–Crippen MR) is 114 cm³/mol. The van der Waals surface area contributed by atoms with Crippen molar-refractivity contribution in [3.05, 3.63) is 72.1 Å². The van der Waals surface area contributed by atoms with Crippen LogP contribution in [-0.2, 0) is 21.4 Å². The maximum absolute atomic E-state index is 13.3. The van der Waals surface area contributed by atoms with E-state index < -0.39 is 10.0 Å². The fourth-order valence-corrected chi connectivity index (χ4v) is 4.82. The molecule has 0 unspecified atom stereocenters. The summed E-state index contributed by atoms with van der Waals surface area (Å²) in [6.45, 7) is 4.29. The quantitative estimate of drug-likeness (QED) is 0.617. The van der Waals surface area contributed by atoms with Crippen LogP contribution in [0.1, 0.15) is 24.5 Å². The molecule has 0 fully saturated rings. The van der Waals surface area contributed by atoms with E-state index in [9.17, 15) is 13.2 Å². The van der Waals surface area contributed by atoms with Gasteiger partial charge in [0.2, 0.25) is 15.9 Å². The molecule has 0 aliphatic rings. The zero-order valence-corrected chi connectivity index (χ0v) is 17.4. The molecule has 0 bridgehead atoms. The van der Waals surface area contributed by atoms with Gasteiger partial charge in [0.25, 0.3) is 0 Å². The van der Waals surface area contributed by atoms with Crippen LogP contribution in [0.5, 0.6) is 0 Å². The summed E-state index contributed by atoms with van der Waals surface area (Å²) in [7, 11) is -3.83. The third kappa shape index (κ3) is 4.99. The number of nitrogens with zero attached hydrogens (tertiary/aromatic N) is 2. The minimum absolute atomic E-state index is 0.192. The first-order valence-corrected chi connectivity index (χ1v) is 11.0. The molecule has 1 N–H and O–H groups in total. The minimum atomic E-state index is -3.83. The predicted octanol–water partition coefficient (Wildman–Crippen LogP) is 3.26. The molecule has 2 aromatic carbocycles. The molecular formula is C22H25N3O3S. The van der Waals surface area contributed by atoms with Crippen molar-refractivity contribution in [1.82, 2.24) is 14.6 Å². The standard InChI is InChI=1S/C22H25N3O3S/c1-3-13-25(16-22(26)24-14-18-9-7-17(2)8-10-18)29(27,28)21-6-4-5-19-15-23-12-11-20(19)21/h4-12,15H,3,13-14,16H2,1-2H3,(H,24,26). The van der Waals surface area contributed by atoms with Crippen LogP contribution in [-0.4, -0.2) is 36.7 Å². The molecule has 3 aromatic rings. The van der Waals surface area contributed by atoms with E-state index in [0.29, 0.717) is 18.4 Å². The smallest absolute Gasteiger partial charge is 0.244 e. The maximum Gasteiger partial charge on any atom is 0.244 e. The van der Waals surface area contributed by atoms with Gasteiger partial charge in [-0.05, 0) is 31.0 Å². The topological polar surface area (TPSA) is 79.4 Å². The number of amides is 1. The Balaban J connectivity index is 1.78. The van der Waals surface area contributed by atoms with Gasteiger partial charge in [0.1, 0.15) is 0 Å². The van der Waals surface area contributed by atoms with Crippen molar-refractivity contribution < 1.29 is 13.2 Å². The highest BCUT2D eigenvalue weighted by Crippen LogP contribution is 2.25. The summed E-state index contributed by atoms with van der Waals surface area (Å²) < 4.78 is 27.9. The van der Waals surface area contributed by atoms with Crippen LogP contribution < -0.4 is 5.32 Å². The number of pyridine rings is 1. The van der Waals surface area contributed by atoms with Gasteiger partial charge in [-0.25, -0.2) is 8.42 Å². The second-order valence-corrected chi connectivity index (χ2v) is 8.86. The Bertz CT molecular complexity index is 1090. The normalized spacial score (nSPS) is 11.7. The first-order valence-electron chi connectivity index (χ1n) is 9.57. The lowest BCUT2D eigenvalue weighted by molar-refractivity contribution is -0.121. The molecule has 29 heavy (non-hydrogen) atoms. The van der Waals surface area contributed by atoms with Gasteiger partial charge in [-0.2, -0.15) is 4.31 Å². The van der Waals surface area contributed by atoms with E-state index in [1.54, 1.807) is 30.6 Å². The number of rotatable bonds is 8. The second kappa shape index (κ2) is 9.15. The highest BCUT2D eigenvalue weighted by molar-refractivity contribution is 7.89. The van der Waals surface area contributed by atoms with Crippen LogP contribution in [0.25, 0.3) is 10.8 Å². The SMILES string of the molecule is CCCN(CC(=O)NCc1ccc(C)cc1)S(=O)(=O)c1cccc2cnccc12. The number of carbonyl (C=O) groups is 1. The third-order valence-electron chi connectivity index (χ3n) is 4.66. The molecule has 0 aliphatic carbocycles. The Morgan fingerprint density at radius 2 is 1.86 bits per heavy atom. The number of aromatic nitrogens is 1. The summed E-state index contributed by atoms with van der Waals surface area (Å²) >= 11 is 0. The second-order valence-electron chi connectivity index (χ2n) is 6.95. The maximum atomic E-state index is 13.3. The van der Waals surface area contributed by atoms with Crippen LogP contribution in [0.4, 0.5) is 0 Å². The Morgan fingerprint density at radius 3 is 2.59 bits per heavy atom. The van der Waals surface area contributed by atoms with E-state index in [0.717, 1.165) is 16.5 Å². The van der Waals surface area contributed by atoms with Crippen LogP contribution in [0.2, 0.25) is 0 Å². The lowest BCUT2D eigenvalue weighted by atomic mass is 10.1. The number of hydrogen-bond donors (Lipinski definition) is 1. The van der Waals surface area contributed by atoms with Crippen molar-refractivity contribution in [2.75, 3.05) is 13.1 Å². The molecule has 7 heteroatoms. The first-order chi connectivity index (χ1) is 13.9. The lowest BCUT2D eigenvalue weighted by Crippen LogP contribution is -2.41. The van der Waals surface area contributed by atoms with E-state index in [1.165, 1.54) is 4.31 Å². The summed E-state index contributed by atoms with van der Waals surface area (Å²) in [5.41, 5.74) is 2.11. The molecule has 0 spiro atoms. The van der Waals surface area contributed by atoms with Crippen molar-refractivity contribution >= 4 is 26.7 Å². The molecule has 152 valence electrons. The minimum Gasteiger partial charge on any atom is -0.351 e. The summed E-state index contributed by atoms with van der Waals surface area (Å²) in [6.07, 6.45) is 3.81. The zero-order valence-electron chi connectivity index (χ0n) is 16.6. The highest BCUT2D eigenvalue weighted by atomic mass is 32.2. The van der Waals surface area contributed by atoms with E-state index in [1.807, 2.05) is 44.2 Å². The highest BCUT2D eigenvalue weighted by Gasteiger charge is 2.27. The third-order valence-corrected chi connectivity index (χ3v) is 6.57. The average molecular weight is 412 g/mol. The molecule has 0 saturated heterocycles. The summed E-state index contributed by atoms with van der Waals surface area (Å²) in [6, 6.07) is 14.6. The van der Waals surface area contributed by atoms with Crippen LogP contribution in [0.15, 0.2) is 65.8 Å². The summed E-state index contributed by atoms with van der Waals surface area (Å²) in [4.78, 5) is 16.7. The van der Waals surface area contributed by atoms with Crippen LogP contribution >= 0.6 is 0 Å². The van der Waals surface area contributed by atoms with Crippen LogP contribution in [0.3, 0.4) is 0 Å². The number of sulfonamides is 1. The van der Waals surface area contributed by atoms with Gasteiger partial charge in [-0.3, -0.25) is 9.78 Å². The number of benzene rings is 2. The number of carbonyl (C=O) groups excluding carboxylic acids is 1. The molecule has 3 rings (SSSR count). The first kappa shape index (κ1) is 21.0. The Kier molecular flexibility index (Phi) is 6.61. The monoisotopic (exact) mass is 411 g/mol. The van der Waals surface area contributed by atoms with Gasteiger partial charge in [-0.15, -0.1) is 0 Å². The fourth-order valence-electron chi connectivity index (χ4n) is 3.11. The number of hydrogen-bond acceptors (Lipinski definition) is 4. The van der Waals surface area contributed by atoms with Crippen molar-refractivity contribution in [1.29, 1.82) is 0 Å².